The van der Waals surface area contributed by atoms with Gasteiger partial charge in [0.2, 0.25) is 0 Å². The highest BCUT2D eigenvalue weighted by molar-refractivity contribution is 5.96. The Hall–Kier alpha value is -2.76. The first kappa shape index (κ1) is 13.2. The number of hydrogen-bond donors (Lipinski definition) is 1. The van der Waals surface area contributed by atoms with Gasteiger partial charge >= 0.3 is 0 Å². The van der Waals surface area contributed by atoms with Crippen LogP contribution >= 0.6 is 0 Å². The number of amides is 1. The van der Waals surface area contributed by atoms with Crippen LogP contribution in [-0.2, 0) is 4.79 Å². The molecule has 21 heavy (non-hydrogen) atoms. The molecule has 0 radical (unpaired) electrons. The maximum Gasteiger partial charge on any atom is 0.261 e. The van der Waals surface area contributed by atoms with E-state index in [1.54, 1.807) is 18.2 Å². The molecule has 0 spiro atoms. The Labute approximate surface area is 120 Å². The number of rotatable bonds is 2. The number of allylic oxidation sites excluding steroid dienone is 1. The normalized spacial score (nSPS) is 17.4. The quantitative estimate of drug-likeness (QED) is 0.913. The van der Waals surface area contributed by atoms with Crippen molar-refractivity contribution in [2.45, 2.75) is 19.8 Å². The Morgan fingerprint density at radius 1 is 1.29 bits per heavy atom. The Kier molecular flexibility index (Phi) is 3.13. The molecule has 1 atom stereocenters. The van der Waals surface area contributed by atoms with Gasteiger partial charge in [-0.25, -0.2) is 4.99 Å². The minimum absolute atomic E-state index is 0.105. The number of benzene rings is 1. The van der Waals surface area contributed by atoms with Crippen molar-refractivity contribution in [3.8, 4) is 17.2 Å². The molecule has 6 heteroatoms. The Morgan fingerprint density at radius 2 is 2.10 bits per heavy atom. The summed E-state index contributed by atoms with van der Waals surface area (Å²) < 4.78 is 5.17. The molecular weight excluding hydrogens is 270 g/mol. The highest BCUT2D eigenvalue weighted by atomic mass is 16.5. The van der Waals surface area contributed by atoms with Gasteiger partial charge in [-0.3, -0.25) is 4.79 Å². The predicted molar refractivity (Wildman–Crippen MR) is 76.3 cm³/mol. The van der Waals surface area contributed by atoms with E-state index in [0.717, 1.165) is 11.1 Å². The number of aryl methyl sites for hydroxylation is 1. The topological polar surface area (TPSA) is 88.6 Å². The zero-order chi connectivity index (χ0) is 15.0. The van der Waals surface area contributed by atoms with Crippen LogP contribution in [0, 0.1) is 13.8 Å². The second-order valence-electron chi connectivity index (χ2n) is 4.84. The van der Waals surface area contributed by atoms with E-state index in [0.29, 0.717) is 5.56 Å². The molecule has 0 fully saturated rings. The van der Waals surface area contributed by atoms with Crippen LogP contribution in [0.4, 0.5) is 0 Å². The van der Waals surface area contributed by atoms with Crippen molar-refractivity contribution in [3.63, 3.8) is 0 Å². The average Bonchev–Trinajstić information content (AvgIpc) is 2.95. The van der Waals surface area contributed by atoms with Gasteiger partial charge < -0.3 is 9.63 Å². The second kappa shape index (κ2) is 4.97. The summed E-state index contributed by atoms with van der Waals surface area (Å²) in [5.41, 5.74) is 2.17. The Balaban J connectivity index is 1.99. The summed E-state index contributed by atoms with van der Waals surface area (Å²) in [5.74, 6) is -0.453. The summed E-state index contributed by atoms with van der Waals surface area (Å²) in [4.78, 5) is 19.6. The number of dihydropyridines is 1. The number of phenols is 1. The summed E-state index contributed by atoms with van der Waals surface area (Å²) in [6, 6.07) is 3.58. The molecule has 0 bridgehead atoms. The lowest BCUT2D eigenvalue weighted by atomic mass is 10.0. The molecule has 106 valence electrons. The highest BCUT2D eigenvalue weighted by Crippen LogP contribution is 2.33. The molecule has 1 unspecified atom stereocenters. The van der Waals surface area contributed by atoms with Crippen LogP contribution in [0.25, 0.3) is 11.5 Å². The van der Waals surface area contributed by atoms with Crippen molar-refractivity contribution < 1.29 is 14.4 Å². The molecule has 6 nitrogen and oxygen atoms in total. The molecule has 1 aromatic carbocycles. The second-order valence-corrected chi connectivity index (χ2v) is 4.84. The number of aromatic nitrogens is 2. The fraction of sp³-hybridized carbons (Fsp3) is 0.200. The van der Waals surface area contributed by atoms with Crippen LogP contribution in [0.5, 0.6) is 5.75 Å². The van der Waals surface area contributed by atoms with Crippen LogP contribution in [0.3, 0.4) is 0 Å². The molecule has 3 rings (SSSR count). The fourth-order valence-corrected chi connectivity index (χ4v) is 2.08. The number of aliphatic imine (C=N–C) groups is 1. The van der Waals surface area contributed by atoms with Gasteiger partial charge in [-0.15, -0.1) is 0 Å². The van der Waals surface area contributed by atoms with Gasteiger partial charge in [-0.1, -0.05) is 17.3 Å². The van der Waals surface area contributed by atoms with Gasteiger partial charge in [-0.2, -0.15) is 4.98 Å². The largest absolute Gasteiger partial charge is 0.507 e. The minimum Gasteiger partial charge on any atom is -0.507 e. The summed E-state index contributed by atoms with van der Waals surface area (Å²) in [7, 11) is 0. The lowest BCUT2D eigenvalue weighted by Crippen LogP contribution is -2.12. The van der Waals surface area contributed by atoms with E-state index in [1.165, 1.54) is 6.21 Å². The van der Waals surface area contributed by atoms with Gasteiger partial charge in [0, 0.05) is 6.21 Å². The predicted octanol–water partition coefficient (Wildman–Crippen LogP) is 2.31. The van der Waals surface area contributed by atoms with E-state index in [2.05, 4.69) is 15.1 Å². The molecular formula is C15H13N3O3. The molecule has 1 amide bonds. The summed E-state index contributed by atoms with van der Waals surface area (Å²) in [6.07, 6.45) is 4.74. The number of aromatic hydroxyl groups is 1. The number of nitrogens with zero attached hydrogens (tertiary/aromatic N) is 3. The highest BCUT2D eigenvalue weighted by Gasteiger charge is 2.25. The van der Waals surface area contributed by atoms with E-state index >= 15 is 0 Å². The number of phenolic OH excluding ortho intramolecular Hbond substituents is 1. The first-order valence-electron chi connectivity index (χ1n) is 6.46. The van der Waals surface area contributed by atoms with Gasteiger partial charge in [0.05, 0.1) is 5.56 Å². The third-order valence-electron chi connectivity index (χ3n) is 3.51. The van der Waals surface area contributed by atoms with Crippen molar-refractivity contribution in [2.24, 2.45) is 4.99 Å². The zero-order valence-corrected chi connectivity index (χ0v) is 11.6. The molecule has 2 heterocycles. The van der Waals surface area contributed by atoms with Crippen molar-refractivity contribution in [1.29, 1.82) is 0 Å². The first-order chi connectivity index (χ1) is 10.1. The minimum atomic E-state index is -0.638. The van der Waals surface area contributed by atoms with E-state index < -0.39 is 5.92 Å². The lowest BCUT2D eigenvalue weighted by Gasteiger charge is -2.06. The number of hydrogen-bond acceptors (Lipinski definition) is 5. The fourth-order valence-electron chi connectivity index (χ4n) is 2.08. The molecule has 1 aromatic heterocycles. The van der Waals surface area contributed by atoms with Gasteiger partial charge in [-0.05, 0) is 37.1 Å². The van der Waals surface area contributed by atoms with Crippen LogP contribution in [0.15, 0.2) is 33.8 Å². The smallest absolute Gasteiger partial charge is 0.261 e. The van der Waals surface area contributed by atoms with Crippen molar-refractivity contribution in [2.75, 3.05) is 0 Å². The van der Waals surface area contributed by atoms with E-state index in [1.807, 2.05) is 19.9 Å². The van der Waals surface area contributed by atoms with E-state index in [-0.39, 0.29) is 23.4 Å². The van der Waals surface area contributed by atoms with Crippen LogP contribution in [-0.4, -0.2) is 27.4 Å². The molecule has 1 N–H and O–H groups in total. The van der Waals surface area contributed by atoms with E-state index in [9.17, 15) is 9.90 Å². The van der Waals surface area contributed by atoms with Crippen molar-refractivity contribution in [1.82, 2.24) is 10.1 Å². The van der Waals surface area contributed by atoms with Crippen LogP contribution in [0.1, 0.15) is 22.9 Å². The zero-order valence-electron chi connectivity index (χ0n) is 11.6. The third-order valence-corrected chi connectivity index (χ3v) is 3.51. The van der Waals surface area contributed by atoms with Gasteiger partial charge in [0.15, 0.2) is 5.82 Å². The molecule has 2 aromatic rings. The summed E-state index contributed by atoms with van der Waals surface area (Å²) in [5, 5.41) is 14.0. The summed E-state index contributed by atoms with van der Waals surface area (Å²) in [6.45, 7) is 3.72. The Bertz CT molecular complexity index is 774. The SMILES string of the molecule is Cc1ccc(-c2nc(C3C=CC=NC3=O)no2)c(O)c1C. The van der Waals surface area contributed by atoms with Crippen molar-refractivity contribution in [3.05, 3.63) is 41.2 Å². The number of carbonyl (C=O) groups is 1. The summed E-state index contributed by atoms with van der Waals surface area (Å²) >= 11 is 0. The van der Waals surface area contributed by atoms with Crippen LogP contribution < -0.4 is 0 Å². The number of carbonyl (C=O) groups excluding carboxylic acids is 1. The standard InChI is InChI=1S/C15H13N3O3/c1-8-5-6-10(12(19)9(8)2)15-17-13(18-21-15)11-4-3-7-16-14(11)20/h3-7,11,19H,1-2H3. The van der Waals surface area contributed by atoms with Gasteiger partial charge in [0.25, 0.3) is 11.8 Å². The first-order valence-corrected chi connectivity index (χ1v) is 6.46. The van der Waals surface area contributed by atoms with Gasteiger partial charge in [0.1, 0.15) is 11.7 Å². The molecule has 0 saturated carbocycles. The lowest BCUT2D eigenvalue weighted by molar-refractivity contribution is -0.118. The Morgan fingerprint density at radius 3 is 2.86 bits per heavy atom. The molecule has 1 aliphatic rings. The van der Waals surface area contributed by atoms with Crippen molar-refractivity contribution >= 4 is 12.1 Å². The molecule has 1 aliphatic heterocycles. The maximum absolute atomic E-state index is 11.7. The monoisotopic (exact) mass is 283 g/mol. The van der Waals surface area contributed by atoms with E-state index in [4.69, 9.17) is 4.52 Å². The molecule has 0 saturated heterocycles. The van der Waals surface area contributed by atoms with Crippen LogP contribution in [0.2, 0.25) is 0 Å². The molecule has 0 aliphatic carbocycles. The average molecular weight is 283 g/mol. The third kappa shape index (κ3) is 2.24. The maximum atomic E-state index is 11.7.